The maximum absolute atomic E-state index is 12.4. The second-order valence-corrected chi connectivity index (χ2v) is 9.29. The van der Waals surface area contributed by atoms with Gasteiger partial charge >= 0.3 is 0 Å². The van der Waals surface area contributed by atoms with Crippen LogP contribution in [0.15, 0.2) is 53.4 Å². The van der Waals surface area contributed by atoms with Crippen molar-refractivity contribution >= 4 is 15.9 Å². The Morgan fingerprint density at radius 2 is 1.81 bits per heavy atom. The van der Waals surface area contributed by atoms with Gasteiger partial charge in [-0.15, -0.1) is 0 Å². The van der Waals surface area contributed by atoms with E-state index in [-0.39, 0.29) is 16.8 Å². The van der Waals surface area contributed by atoms with Crippen LogP contribution >= 0.6 is 0 Å². The van der Waals surface area contributed by atoms with Crippen LogP contribution in [-0.2, 0) is 27.7 Å². The van der Waals surface area contributed by atoms with E-state index in [4.69, 9.17) is 0 Å². The van der Waals surface area contributed by atoms with E-state index in [9.17, 15) is 13.2 Å². The molecule has 6 heteroatoms. The Labute approximate surface area is 161 Å². The molecule has 1 amide bonds. The van der Waals surface area contributed by atoms with E-state index < -0.39 is 10.0 Å². The van der Waals surface area contributed by atoms with Crippen LogP contribution in [0.2, 0.25) is 0 Å². The summed E-state index contributed by atoms with van der Waals surface area (Å²) >= 11 is 0. The number of hydrogen-bond acceptors (Lipinski definition) is 3. The summed E-state index contributed by atoms with van der Waals surface area (Å²) in [6.45, 7) is 0. The summed E-state index contributed by atoms with van der Waals surface area (Å²) in [6, 6.07) is 15.1. The van der Waals surface area contributed by atoms with Gasteiger partial charge in [-0.2, -0.15) is 0 Å². The molecule has 0 aliphatic heterocycles. The number of fused-ring (bicyclic) bond motifs is 1. The fourth-order valence-corrected chi connectivity index (χ4v) is 4.37. The normalized spacial score (nSPS) is 16.8. The van der Waals surface area contributed by atoms with E-state index in [0.717, 1.165) is 24.8 Å². The molecule has 27 heavy (non-hydrogen) atoms. The van der Waals surface area contributed by atoms with Crippen molar-refractivity contribution < 1.29 is 13.2 Å². The van der Waals surface area contributed by atoms with E-state index in [1.807, 2.05) is 12.1 Å². The number of nitrogens with one attached hydrogen (secondary N) is 1. The molecule has 0 saturated carbocycles. The third kappa shape index (κ3) is 4.57. The zero-order valence-electron chi connectivity index (χ0n) is 15.8. The molecule has 3 rings (SSSR count). The summed E-state index contributed by atoms with van der Waals surface area (Å²) in [6.07, 6.45) is 4.11. The van der Waals surface area contributed by atoms with Gasteiger partial charge in [-0.05, 0) is 54.5 Å². The fourth-order valence-electron chi connectivity index (χ4n) is 3.47. The van der Waals surface area contributed by atoms with E-state index in [1.165, 1.54) is 29.5 Å². The molecule has 0 unspecified atom stereocenters. The van der Waals surface area contributed by atoms with Crippen molar-refractivity contribution in [1.29, 1.82) is 0 Å². The van der Waals surface area contributed by atoms with Gasteiger partial charge in [0.2, 0.25) is 15.9 Å². The van der Waals surface area contributed by atoms with Gasteiger partial charge < -0.3 is 5.32 Å². The number of hydrogen-bond donors (Lipinski definition) is 1. The van der Waals surface area contributed by atoms with Crippen molar-refractivity contribution in [2.45, 2.75) is 43.0 Å². The Morgan fingerprint density at radius 1 is 1.11 bits per heavy atom. The number of nitrogens with zero attached hydrogens (tertiary/aromatic N) is 1. The summed E-state index contributed by atoms with van der Waals surface area (Å²) in [5, 5.41) is 3.15. The quantitative estimate of drug-likeness (QED) is 0.830. The first-order valence-electron chi connectivity index (χ1n) is 9.26. The van der Waals surface area contributed by atoms with E-state index in [2.05, 4.69) is 17.4 Å². The van der Waals surface area contributed by atoms with Gasteiger partial charge in [0.15, 0.2) is 0 Å². The Morgan fingerprint density at radius 3 is 2.52 bits per heavy atom. The van der Waals surface area contributed by atoms with Crippen molar-refractivity contribution in [2.75, 3.05) is 14.1 Å². The smallest absolute Gasteiger partial charge is 0.242 e. The van der Waals surface area contributed by atoms with Gasteiger partial charge in [0, 0.05) is 20.5 Å². The molecule has 0 heterocycles. The molecular weight excluding hydrogens is 360 g/mol. The van der Waals surface area contributed by atoms with Crippen LogP contribution in [0.25, 0.3) is 0 Å². The minimum atomic E-state index is -3.42. The second-order valence-electron chi connectivity index (χ2n) is 7.14. The molecule has 0 saturated heterocycles. The topological polar surface area (TPSA) is 66.5 Å². The molecule has 144 valence electrons. The molecule has 0 bridgehead atoms. The maximum Gasteiger partial charge on any atom is 0.242 e. The predicted octanol–water partition coefficient (Wildman–Crippen LogP) is 3.06. The van der Waals surface area contributed by atoms with Crippen molar-refractivity contribution in [3.05, 3.63) is 65.2 Å². The highest BCUT2D eigenvalue weighted by atomic mass is 32.2. The van der Waals surface area contributed by atoms with Gasteiger partial charge in [-0.25, -0.2) is 12.7 Å². The SMILES string of the molecule is CN(C)S(=O)(=O)c1ccc(CCC(=O)N[C@H]2CCCc3ccccc32)cc1. The molecule has 0 spiro atoms. The number of rotatable bonds is 6. The Hall–Kier alpha value is -2.18. The first-order chi connectivity index (χ1) is 12.9. The number of aryl methyl sites for hydroxylation is 2. The molecule has 1 aliphatic carbocycles. The third-order valence-corrected chi connectivity index (χ3v) is 6.88. The average molecular weight is 387 g/mol. The van der Waals surface area contributed by atoms with Crippen LogP contribution in [-0.4, -0.2) is 32.7 Å². The fraction of sp³-hybridized carbons (Fsp3) is 0.381. The number of carbonyl (C=O) groups excluding carboxylic acids is 1. The number of sulfonamides is 1. The van der Waals surface area contributed by atoms with Crippen molar-refractivity contribution in [2.24, 2.45) is 0 Å². The summed E-state index contributed by atoms with van der Waals surface area (Å²) in [7, 11) is -0.397. The third-order valence-electron chi connectivity index (χ3n) is 5.05. The first-order valence-corrected chi connectivity index (χ1v) is 10.7. The molecule has 2 aromatic carbocycles. The minimum absolute atomic E-state index is 0.0293. The molecule has 1 aliphatic rings. The Kier molecular flexibility index (Phi) is 5.97. The molecule has 0 radical (unpaired) electrons. The van der Waals surface area contributed by atoms with Crippen LogP contribution in [0.3, 0.4) is 0 Å². The number of carbonyl (C=O) groups is 1. The van der Waals surface area contributed by atoms with Crippen LogP contribution in [0.4, 0.5) is 0 Å². The highest BCUT2D eigenvalue weighted by molar-refractivity contribution is 7.89. The van der Waals surface area contributed by atoms with Crippen molar-refractivity contribution in [3.8, 4) is 0 Å². The first kappa shape index (κ1) is 19.6. The maximum atomic E-state index is 12.4. The second kappa shape index (κ2) is 8.23. The van der Waals surface area contributed by atoms with Crippen LogP contribution in [0.1, 0.15) is 42.0 Å². The van der Waals surface area contributed by atoms with Gasteiger partial charge in [-0.3, -0.25) is 4.79 Å². The van der Waals surface area contributed by atoms with Gasteiger partial charge in [0.25, 0.3) is 0 Å². The lowest BCUT2D eigenvalue weighted by atomic mass is 9.87. The monoisotopic (exact) mass is 386 g/mol. The summed E-state index contributed by atoms with van der Waals surface area (Å²) in [4.78, 5) is 12.7. The summed E-state index contributed by atoms with van der Waals surface area (Å²) in [5.41, 5.74) is 3.51. The van der Waals surface area contributed by atoms with E-state index in [0.29, 0.717) is 12.8 Å². The summed E-state index contributed by atoms with van der Waals surface area (Å²) < 4.78 is 25.4. The minimum Gasteiger partial charge on any atom is -0.349 e. The zero-order valence-corrected chi connectivity index (χ0v) is 16.6. The van der Waals surface area contributed by atoms with Crippen LogP contribution in [0, 0.1) is 0 Å². The molecule has 5 nitrogen and oxygen atoms in total. The van der Waals surface area contributed by atoms with Gasteiger partial charge in [-0.1, -0.05) is 36.4 Å². The standard InChI is InChI=1S/C21H26N2O3S/c1-23(2)27(25,26)18-13-10-16(11-14-18)12-15-21(24)22-20-9-5-7-17-6-3-4-8-19(17)20/h3-4,6,8,10-11,13-14,20H,5,7,9,12,15H2,1-2H3,(H,22,24)/t20-/m0/s1. The lowest BCUT2D eigenvalue weighted by molar-refractivity contribution is -0.121. The zero-order chi connectivity index (χ0) is 19.4. The lowest BCUT2D eigenvalue weighted by Crippen LogP contribution is -2.31. The molecule has 0 aromatic heterocycles. The number of amides is 1. The van der Waals surface area contributed by atoms with Crippen LogP contribution in [0.5, 0.6) is 0 Å². The number of benzene rings is 2. The molecule has 1 atom stereocenters. The van der Waals surface area contributed by atoms with E-state index >= 15 is 0 Å². The molecule has 0 fully saturated rings. The summed E-state index contributed by atoms with van der Waals surface area (Å²) in [5.74, 6) is 0.0293. The Balaban J connectivity index is 1.57. The largest absolute Gasteiger partial charge is 0.349 e. The van der Waals surface area contributed by atoms with Gasteiger partial charge in [0.1, 0.15) is 0 Å². The van der Waals surface area contributed by atoms with Crippen molar-refractivity contribution in [3.63, 3.8) is 0 Å². The lowest BCUT2D eigenvalue weighted by Gasteiger charge is -2.26. The van der Waals surface area contributed by atoms with E-state index in [1.54, 1.807) is 24.3 Å². The average Bonchev–Trinajstić information content (AvgIpc) is 2.67. The Bertz CT molecular complexity index is 905. The van der Waals surface area contributed by atoms with Gasteiger partial charge in [0.05, 0.1) is 10.9 Å². The molecular formula is C21H26N2O3S. The highest BCUT2D eigenvalue weighted by Crippen LogP contribution is 2.29. The molecule has 1 N–H and O–H groups in total. The molecule has 2 aromatic rings. The van der Waals surface area contributed by atoms with Crippen LogP contribution < -0.4 is 5.32 Å². The predicted molar refractivity (Wildman–Crippen MR) is 106 cm³/mol. The van der Waals surface area contributed by atoms with Crippen molar-refractivity contribution in [1.82, 2.24) is 9.62 Å². The highest BCUT2D eigenvalue weighted by Gasteiger charge is 2.21.